The van der Waals surface area contributed by atoms with Crippen LogP contribution in [-0.2, 0) is 0 Å². The van der Waals surface area contributed by atoms with E-state index in [1.54, 1.807) is 17.2 Å². The van der Waals surface area contributed by atoms with E-state index in [0.717, 1.165) is 16.8 Å². The quantitative estimate of drug-likeness (QED) is 0.330. The molecule has 0 spiro atoms. The summed E-state index contributed by atoms with van der Waals surface area (Å²) in [5.74, 6) is 0.899. The highest BCUT2D eigenvalue weighted by Gasteiger charge is 2.24. The van der Waals surface area contributed by atoms with E-state index in [-0.39, 0.29) is 12.1 Å². The number of hydrogen-bond acceptors (Lipinski definition) is 5. The molecule has 178 valence electrons. The molecule has 0 bridgehead atoms. The van der Waals surface area contributed by atoms with Gasteiger partial charge in [-0.2, -0.15) is 4.98 Å². The maximum absolute atomic E-state index is 13.6. The highest BCUT2D eigenvalue weighted by Crippen LogP contribution is 2.34. The van der Waals surface area contributed by atoms with E-state index < -0.39 is 0 Å². The van der Waals surface area contributed by atoms with Gasteiger partial charge in [0.1, 0.15) is 5.82 Å². The van der Waals surface area contributed by atoms with Gasteiger partial charge < -0.3 is 15.5 Å². The number of anilines is 5. The Labute approximate surface area is 206 Å². The van der Waals surface area contributed by atoms with Crippen LogP contribution in [0.2, 0.25) is 0 Å². The monoisotopic (exact) mass is 466 g/mol. The van der Waals surface area contributed by atoms with Crippen LogP contribution in [0.4, 0.5) is 33.6 Å². The fourth-order valence-electron chi connectivity index (χ4n) is 3.75. The van der Waals surface area contributed by atoms with Gasteiger partial charge in [0.05, 0.1) is 17.4 Å². The first-order valence-electron chi connectivity index (χ1n) is 11.5. The highest BCUT2D eigenvalue weighted by atomic mass is 16.2. The Balaban J connectivity index is 1.70. The lowest BCUT2D eigenvalue weighted by Gasteiger charge is -2.27. The second kappa shape index (κ2) is 10.7. The minimum atomic E-state index is -0.316. The molecule has 7 nitrogen and oxygen atoms in total. The number of hydrogen-bond donors (Lipinski definition) is 2. The summed E-state index contributed by atoms with van der Waals surface area (Å²) < 4.78 is 0. The summed E-state index contributed by atoms with van der Waals surface area (Å²) in [7, 11) is 3.90. The topological polar surface area (TPSA) is 73.4 Å². The molecule has 2 amide bonds. The predicted molar refractivity (Wildman–Crippen MR) is 144 cm³/mol. The lowest BCUT2D eigenvalue weighted by molar-refractivity contribution is 0.259. The van der Waals surface area contributed by atoms with Crippen molar-refractivity contribution in [3.05, 3.63) is 102 Å². The SMILES string of the molecule is Cc1ccc(NC(=O)N(c2ccnc(NC(C)c3ccccc3)n2)c2ccccc2N(C)C)cc1. The third kappa shape index (κ3) is 5.76. The van der Waals surface area contributed by atoms with Gasteiger partial charge in [-0.25, -0.2) is 14.7 Å². The van der Waals surface area contributed by atoms with Crippen molar-refractivity contribution >= 4 is 34.9 Å². The molecule has 0 radical (unpaired) electrons. The normalized spacial score (nSPS) is 11.4. The fraction of sp³-hybridized carbons (Fsp3) is 0.179. The number of para-hydroxylation sites is 2. The summed E-state index contributed by atoms with van der Waals surface area (Å²) in [4.78, 5) is 26.3. The number of nitrogens with one attached hydrogen (secondary N) is 2. The number of carbonyl (C=O) groups is 1. The maximum Gasteiger partial charge on any atom is 0.332 e. The Morgan fingerprint density at radius 1 is 0.857 bits per heavy atom. The molecule has 0 aliphatic rings. The zero-order valence-electron chi connectivity index (χ0n) is 20.4. The molecule has 1 aromatic heterocycles. The summed E-state index contributed by atoms with van der Waals surface area (Å²) in [6.07, 6.45) is 1.66. The van der Waals surface area contributed by atoms with Crippen LogP contribution >= 0.6 is 0 Å². The van der Waals surface area contributed by atoms with E-state index >= 15 is 0 Å². The summed E-state index contributed by atoms with van der Waals surface area (Å²) >= 11 is 0. The van der Waals surface area contributed by atoms with Crippen LogP contribution in [0.3, 0.4) is 0 Å². The average molecular weight is 467 g/mol. The van der Waals surface area contributed by atoms with Crippen molar-refractivity contribution in [2.45, 2.75) is 19.9 Å². The third-order valence-electron chi connectivity index (χ3n) is 5.63. The Hall–Kier alpha value is -4.39. The zero-order chi connectivity index (χ0) is 24.8. The number of urea groups is 1. The molecule has 2 N–H and O–H groups in total. The number of rotatable bonds is 7. The molecule has 1 heterocycles. The molecular formula is C28H30N6O. The minimum Gasteiger partial charge on any atom is -0.376 e. The lowest BCUT2D eigenvalue weighted by atomic mass is 10.1. The van der Waals surface area contributed by atoms with Gasteiger partial charge in [-0.05, 0) is 43.7 Å². The van der Waals surface area contributed by atoms with Crippen LogP contribution in [-0.4, -0.2) is 30.1 Å². The van der Waals surface area contributed by atoms with Crippen LogP contribution in [0.15, 0.2) is 91.1 Å². The number of carbonyl (C=O) groups excluding carboxylic acids is 1. The van der Waals surface area contributed by atoms with Gasteiger partial charge in [-0.1, -0.05) is 60.2 Å². The van der Waals surface area contributed by atoms with Crippen LogP contribution in [0, 0.1) is 6.92 Å². The molecule has 1 atom stereocenters. The first-order chi connectivity index (χ1) is 16.9. The summed E-state index contributed by atoms with van der Waals surface area (Å²) in [5, 5.41) is 6.35. The van der Waals surface area contributed by atoms with Crippen LogP contribution in [0.25, 0.3) is 0 Å². The Bertz CT molecular complexity index is 1270. The predicted octanol–water partition coefficient (Wildman–Crippen LogP) is 6.39. The molecular weight excluding hydrogens is 436 g/mol. The van der Waals surface area contributed by atoms with E-state index in [0.29, 0.717) is 23.1 Å². The number of benzene rings is 3. The molecule has 0 saturated heterocycles. The smallest absolute Gasteiger partial charge is 0.332 e. The lowest BCUT2D eigenvalue weighted by Crippen LogP contribution is -2.33. The number of aromatic nitrogens is 2. The molecule has 1 unspecified atom stereocenters. The van der Waals surface area contributed by atoms with Crippen molar-refractivity contribution in [3.63, 3.8) is 0 Å². The molecule has 0 saturated carbocycles. The first-order valence-corrected chi connectivity index (χ1v) is 11.5. The zero-order valence-corrected chi connectivity index (χ0v) is 20.4. The molecule has 4 aromatic rings. The van der Waals surface area contributed by atoms with Gasteiger partial charge in [-0.15, -0.1) is 0 Å². The van der Waals surface area contributed by atoms with Crippen LogP contribution in [0.1, 0.15) is 24.1 Å². The van der Waals surface area contributed by atoms with Crippen molar-refractivity contribution in [3.8, 4) is 0 Å². The molecule has 3 aromatic carbocycles. The van der Waals surface area contributed by atoms with E-state index in [1.165, 1.54) is 0 Å². The summed E-state index contributed by atoms with van der Waals surface area (Å²) in [6, 6.07) is 26.9. The molecule has 0 aliphatic carbocycles. The second-order valence-corrected chi connectivity index (χ2v) is 8.53. The van der Waals surface area contributed by atoms with E-state index in [2.05, 4.69) is 34.7 Å². The first kappa shape index (κ1) is 23.8. The Kier molecular flexibility index (Phi) is 7.26. The molecule has 0 fully saturated rings. The van der Waals surface area contributed by atoms with Crippen molar-refractivity contribution in [1.82, 2.24) is 9.97 Å². The largest absolute Gasteiger partial charge is 0.376 e. The van der Waals surface area contributed by atoms with Crippen LogP contribution < -0.4 is 20.4 Å². The second-order valence-electron chi connectivity index (χ2n) is 8.53. The number of amides is 2. The molecule has 4 rings (SSSR count). The van der Waals surface area contributed by atoms with Crippen molar-refractivity contribution < 1.29 is 4.79 Å². The van der Waals surface area contributed by atoms with Gasteiger partial charge in [0.25, 0.3) is 0 Å². The van der Waals surface area contributed by atoms with Gasteiger partial charge in [0.15, 0.2) is 0 Å². The number of aryl methyl sites for hydroxylation is 1. The minimum absolute atomic E-state index is 0.00431. The fourth-order valence-corrected chi connectivity index (χ4v) is 3.75. The van der Waals surface area contributed by atoms with E-state index in [9.17, 15) is 4.79 Å². The van der Waals surface area contributed by atoms with Gasteiger partial charge in [0, 0.05) is 32.0 Å². The standard InChI is InChI=1S/C28H30N6O/c1-20-14-16-23(17-15-20)31-28(35)34(25-13-9-8-12-24(25)33(3)4)26-18-19-29-27(32-26)30-21(2)22-10-6-5-7-11-22/h5-19,21H,1-4H3,(H,31,35)(H,29,30,32). The van der Waals surface area contributed by atoms with Crippen molar-refractivity contribution in [2.24, 2.45) is 0 Å². The van der Waals surface area contributed by atoms with Crippen LogP contribution in [0.5, 0.6) is 0 Å². The Morgan fingerprint density at radius 3 is 2.20 bits per heavy atom. The van der Waals surface area contributed by atoms with E-state index in [4.69, 9.17) is 4.98 Å². The molecule has 7 heteroatoms. The van der Waals surface area contributed by atoms with Gasteiger partial charge in [0.2, 0.25) is 5.95 Å². The van der Waals surface area contributed by atoms with Crippen molar-refractivity contribution in [2.75, 3.05) is 34.5 Å². The number of nitrogens with zero attached hydrogens (tertiary/aromatic N) is 4. The molecule has 0 aliphatic heterocycles. The maximum atomic E-state index is 13.6. The summed E-state index contributed by atoms with van der Waals surface area (Å²) in [5.41, 5.74) is 4.54. The average Bonchev–Trinajstić information content (AvgIpc) is 2.86. The third-order valence-corrected chi connectivity index (χ3v) is 5.63. The van der Waals surface area contributed by atoms with Gasteiger partial charge in [-0.3, -0.25) is 0 Å². The van der Waals surface area contributed by atoms with Gasteiger partial charge >= 0.3 is 6.03 Å². The van der Waals surface area contributed by atoms with Crippen molar-refractivity contribution in [1.29, 1.82) is 0 Å². The Morgan fingerprint density at radius 2 is 1.51 bits per heavy atom. The highest BCUT2D eigenvalue weighted by molar-refractivity contribution is 6.08. The summed E-state index contributed by atoms with van der Waals surface area (Å²) in [6.45, 7) is 4.06. The molecule has 35 heavy (non-hydrogen) atoms. The van der Waals surface area contributed by atoms with E-state index in [1.807, 2.05) is 92.6 Å².